The minimum Gasteiger partial charge on any atom is -0.277 e. The number of nitrogens with one attached hydrogen (secondary N) is 1. The van der Waals surface area contributed by atoms with Crippen molar-refractivity contribution < 1.29 is 0 Å². The van der Waals surface area contributed by atoms with Crippen molar-refractivity contribution in [2.24, 2.45) is 11.0 Å². The first-order chi connectivity index (χ1) is 12.0. The molecule has 0 saturated carbocycles. The predicted octanol–water partition coefficient (Wildman–Crippen LogP) is 4.59. The monoisotopic (exact) mass is 340 g/mol. The SMILES string of the molecule is CCn1c(N/N=C\C[C@@H](C)CCC=C(C)C)nc2ccccc2c1=O. The fourth-order valence-corrected chi connectivity index (χ4v) is 2.66. The lowest BCUT2D eigenvalue weighted by molar-refractivity contribution is 0.563. The van der Waals surface area contributed by atoms with Gasteiger partial charge in [0.1, 0.15) is 0 Å². The van der Waals surface area contributed by atoms with E-state index in [1.807, 2.05) is 31.3 Å². The number of aromatic nitrogens is 2. The van der Waals surface area contributed by atoms with E-state index in [1.54, 1.807) is 10.6 Å². The Morgan fingerprint density at radius 3 is 2.84 bits per heavy atom. The lowest BCUT2D eigenvalue weighted by Gasteiger charge is -2.11. The molecule has 0 unspecified atom stereocenters. The van der Waals surface area contributed by atoms with E-state index in [-0.39, 0.29) is 5.56 Å². The quantitative estimate of drug-likeness (QED) is 0.434. The molecule has 0 aliphatic rings. The van der Waals surface area contributed by atoms with E-state index >= 15 is 0 Å². The Hall–Kier alpha value is -2.43. The molecular weight excluding hydrogens is 312 g/mol. The fourth-order valence-electron chi connectivity index (χ4n) is 2.66. The third-order valence-electron chi connectivity index (χ3n) is 4.15. The first-order valence-corrected chi connectivity index (χ1v) is 8.93. The highest BCUT2D eigenvalue weighted by atomic mass is 16.1. The van der Waals surface area contributed by atoms with Crippen molar-refractivity contribution in [3.63, 3.8) is 0 Å². The molecule has 5 nitrogen and oxygen atoms in total. The molecule has 1 N–H and O–H groups in total. The summed E-state index contributed by atoms with van der Waals surface area (Å²) < 4.78 is 1.61. The summed E-state index contributed by atoms with van der Waals surface area (Å²) in [4.78, 5) is 17.0. The van der Waals surface area contributed by atoms with Crippen molar-refractivity contribution in [3.05, 3.63) is 46.3 Å². The van der Waals surface area contributed by atoms with Gasteiger partial charge in [0.05, 0.1) is 10.9 Å². The summed E-state index contributed by atoms with van der Waals surface area (Å²) in [5.41, 5.74) is 4.94. The van der Waals surface area contributed by atoms with E-state index in [1.165, 1.54) is 5.57 Å². The van der Waals surface area contributed by atoms with Crippen LogP contribution in [0.2, 0.25) is 0 Å². The van der Waals surface area contributed by atoms with Crippen molar-refractivity contribution in [1.82, 2.24) is 9.55 Å². The van der Waals surface area contributed by atoms with Crippen LogP contribution in [0.3, 0.4) is 0 Å². The van der Waals surface area contributed by atoms with Crippen molar-refractivity contribution in [2.75, 3.05) is 5.43 Å². The topological polar surface area (TPSA) is 59.3 Å². The molecule has 0 aliphatic heterocycles. The molecule has 5 heteroatoms. The summed E-state index contributed by atoms with van der Waals surface area (Å²) in [6.07, 6.45) is 7.28. The van der Waals surface area contributed by atoms with Gasteiger partial charge in [0, 0.05) is 12.8 Å². The van der Waals surface area contributed by atoms with Crippen LogP contribution in [0.25, 0.3) is 10.9 Å². The molecule has 1 atom stereocenters. The van der Waals surface area contributed by atoms with Crippen molar-refractivity contribution >= 4 is 23.1 Å². The van der Waals surface area contributed by atoms with Crippen LogP contribution in [-0.4, -0.2) is 15.8 Å². The molecule has 0 aliphatic carbocycles. The number of hydrazone groups is 1. The zero-order chi connectivity index (χ0) is 18.2. The van der Waals surface area contributed by atoms with Crippen LogP contribution in [0.15, 0.2) is 45.8 Å². The first-order valence-electron chi connectivity index (χ1n) is 8.93. The van der Waals surface area contributed by atoms with E-state index < -0.39 is 0 Å². The third kappa shape index (κ3) is 5.28. The Bertz CT molecular complexity index is 816. The second-order valence-corrected chi connectivity index (χ2v) is 6.63. The molecule has 0 saturated heterocycles. The second-order valence-electron chi connectivity index (χ2n) is 6.63. The Morgan fingerprint density at radius 1 is 1.36 bits per heavy atom. The zero-order valence-corrected chi connectivity index (χ0v) is 15.6. The zero-order valence-electron chi connectivity index (χ0n) is 15.6. The maximum absolute atomic E-state index is 12.5. The summed E-state index contributed by atoms with van der Waals surface area (Å²) in [7, 11) is 0. The van der Waals surface area contributed by atoms with E-state index in [2.05, 4.69) is 42.4 Å². The highest BCUT2D eigenvalue weighted by molar-refractivity contribution is 5.78. The van der Waals surface area contributed by atoms with Crippen molar-refractivity contribution in [1.29, 1.82) is 0 Å². The van der Waals surface area contributed by atoms with Gasteiger partial charge in [0.15, 0.2) is 0 Å². The van der Waals surface area contributed by atoms with E-state index in [9.17, 15) is 4.79 Å². The summed E-state index contributed by atoms with van der Waals surface area (Å²) in [5, 5.41) is 4.90. The van der Waals surface area contributed by atoms with Crippen LogP contribution >= 0.6 is 0 Å². The molecule has 0 bridgehead atoms. The predicted molar refractivity (Wildman–Crippen MR) is 106 cm³/mol. The minimum absolute atomic E-state index is 0.0408. The number of nitrogens with zero attached hydrogens (tertiary/aromatic N) is 3. The normalized spacial score (nSPS) is 12.5. The molecule has 2 rings (SSSR count). The average molecular weight is 340 g/mol. The highest BCUT2D eigenvalue weighted by Gasteiger charge is 2.08. The first kappa shape index (κ1) is 18.9. The summed E-state index contributed by atoms with van der Waals surface area (Å²) in [6, 6.07) is 7.38. The fraction of sp³-hybridized carbons (Fsp3) is 0.450. The number of hydrogen-bond acceptors (Lipinski definition) is 4. The highest BCUT2D eigenvalue weighted by Crippen LogP contribution is 2.12. The largest absolute Gasteiger partial charge is 0.277 e. The van der Waals surface area contributed by atoms with Crippen LogP contribution in [0.5, 0.6) is 0 Å². The van der Waals surface area contributed by atoms with Gasteiger partial charge in [-0.3, -0.25) is 9.36 Å². The smallest absolute Gasteiger partial charge is 0.262 e. The Kier molecular flexibility index (Phi) is 6.92. The Morgan fingerprint density at radius 2 is 2.12 bits per heavy atom. The third-order valence-corrected chi connectivity index (χ3v) is 4.15. The van der Waals surface area contributed by atoms with Crippen LogP contribution in [0, 0.1) is 5.92 Å². The van der Waals surface area contributed by atoms with Gasteiger partial charge in [0.25, 0.3) is 5.56 Å². The number of anilines is 1. The van der Waals surface area contributed by atoms with Gasteiger partial charge in [-0.2, -0.15) is 5.10 Å². The van der Waals surface area contributed by atoms with Crippen LogP contribution in [0.1, 0.15) is 47.0 Å². The molecule has 0 amide bonds. The molecule has 25 heavy (non-hydrogen) atoms. The number of rotatable bonds is 8. The molecule has 1 aromatic carbocycles. The maximum Gasteiger partial charge on any atom is 0.262 e. The van der Waals surface area contributed by atoms with E-state index in [0.29, 0.717) is 29.3 Å². The van der Waals surface area contributed by atoms with Crippen LogP contribution < -0.4 is 11.0 Å². The van der Waals surface area contributed by atoms with Gasteiger partial charge in [0.2, 0.25) is 5.95 Å². The van der Waals surface area contributed by atoms with Crippen molar-refractivity contribution in [3.8, 4) is 0 Å². The molecule has 1 aromatic heterocycles. The summed E-state index contributed by atoms with van der Waals surface area (Å²) in [5.74, 6) is 1.05. The Balaban J connectivity index is 2.03. The van der Waals surface area contributed by atoms with E-state index in [4.69, 9.17) is 0 Å². The average Bonchev–Trinajstić information content (AvgIpc) is 2.58. The number of allylic oxidation sites excluding steroid dienone is 2. The summed E-state index contributed by atoms with van der Waals surface area (Å²) in [6.45, 7) is 8.95. The van der Waals surface area contributed by atoms with Gasteiger partial charge in [-0.15, -0.1) is 0 Å². The second kappa shape index (κ2) is 9.16. The van der Waals surface area contributed by atoms with Gasteiger partial charge in [-0.05, 0) is 58.1 Å². The van der Waals surface area contributed by atoms with Gasteiger partial charge in [-0.25, -0.2) is 10.4 Å². The maximum atomic E-state index is 12.5. The lowest BCUT2D eigenvalue weighted by Crippen LogP contribution is -2.23. The van der Waals surface area contributed by atoms with Crippen LogP contribution in [0.4, 0.5) is 5.95 Å². The summed E-state index contributed by atoms with van der Waals surface area (Å²) >= 11 is 0. The molecular formula is C20H28N4O. The standard InChI is InChI=1S/C20H28N4O/c1-5-24-19(25)17-11-6-7-12-18(17)22-20(24)23-21-14-13-16(4)10-8-9-15(2)3/h6-7,9,11-12,14,16H,5,8,10,13H2,1-4H3,(H,22,23)/b21-14-/t16-/m0/s1. The number of fused-ring (bicyclic) bond motifs is 1. The molecule has 0 fully saturated rings. The molecule has 1 heterocycles. The molecule has 0 spiro atoms. The number of para-hydroxylation sites is 1. The number of hydrogen-bond donors (Lipinski definition) is 1. The van der Waals surface area contributed by atoms with E-state index in [0.717, 1.165) is 19.3 Å². The molecule has 134 valence electrons. The van der Waals surface area contributed by atoms with Crippen LogP contribution in [-0.2, 0) is 6.54 Å². The molecule has 0 radical (unpaired) electrons. The number of benzene rings is 1. The van der Waals surface area contributed by atoms with Gasteiger partial charge in [-0.1, -0.05) is 30.7 Å². The van der Waals surface area contributed by atoms with Crippen molar-refractivity contribution in [2.45, 2.75) is 53.5 Å². The molecule has 2 aromatic rings. The van der Waals surface area contributed by atoms with Gasteiger partial charge < -0.3 is 0 Å². The lowest BCUT2D eigenvalue weighted by atomic mass is 10.0. The minimum atomic E-state index is -0.0408. The van der Waals surface area contributed by atoms with Gasteiger partial charge >= 0.3 is 0 Å². The Labute approximate surface area is 149 Å².